The number of carbonyl (C=O) groups excluding carboxylic acids is 1. The molecule has 0 heterocycles. The Morgan fingerprint density at radius 3 is 2.78 bits per heavy atom. The van der Waals surface area contributed by atoms with Crippen LogP contribution >= 0.6 is 15.9 Å². The Morgan fingerprint density at radius 2 is 2.17 bits per heavy atom. The highest BCUT2D eigenvalue weighted by atomic mass is 79.9. The van der Waals surface area contributed by atoms with E-state index in [0.717, 1.165) is 5.56 Å². The summed E-state index contributed by atoms with van der Waals surface area (Å²) in [7, 11) is 0. The predicted molar refractivity (Wildman–Crippen MR) is 73.7 cm³/mol. The van der Waals surface area contributed by atoms with Gasteiger partial charge >= 0.3 is 0 Å². The van der Waals surface area contributed by atoms with E-state index < -0.39 is 0 Å². The third kappa shape index (κ3) is 5.60. The summed E-state index contributed by atoms with van der Waals surface area (Å²) < 4.78 is 13.5. The van der Waals surface area contributed by atoms with Crippen LogP contribution in [0.3, 0.4) is 0 Å². The van der Waals surface area contributed by atoms with Crippen LogP contribution in [0, 0.1) is 5.82 Å². The Labute approximate surface area is 115 Å². The molecule has 100 valence electrons. The van der Waals surface area contributed by atoms with E-state index in [1.807, 2.05) is 13.8 Å². The molecule has 0 bridgehead atoms. The Morgan fingerprint density at radius 1 is 1.44 bits per heavy atom. The van der Waals surface area contributed by atoms with Crippen molar-refractivity contribution in [3.8, 4) is 0 Å². The van der Waals surface area contributed by atoms with Gasteiger partial charge in [-0.1, -0.05) is 6.07 Å². The van der Waals surface area contributed by atoms with Crippen molar-refractivity contribution in [2.75, 3.05) is 6.54 Å². The van der Waals surface area contributed by atoms with Crippen LogP contribution in [0.25, 0.3) is 0 Å². The third-order valence-electron chi connectivity index (χ3n) is 2.29. The molecular weight excluding hydrogens is 299 g/mol. The zero-order valence-corrected chi connectivity index (χ0v) is 12.2. The molecule has 1 amide bonds. The maximum Gasteiger partial charge on any atom is 0.221 e. The lowest BCUT2D eigenvalue weighted by Crippen LogP contribution is -2.32. The van der Waals surface area contributed by atoms with Gasteiger partial charge in [0.25, 0.3) is 0 Å². The summed E-state index contributed by atoms with van der Waals surface area (Å²) >= 11 is 3.14. The van der Waals surface area contributed by atoms with Crippen molar-refractivity contribution in [2.45, 2.75) is 32.9 Å². The van der Waals surface area contributed by atoms with Gasteiger partial charge in [0.05, 0.1) is 4.47 Å². The first kappa shape index (κ1) is 15.1. The minimum Gasteiger partial charge on any atom is -0.354 e. The molecule has 0 aliphatic heterocycles. The molecule has 0 saturated heterocycles. The number of nitrogens with one attached hydrogen (secondary N) is 2. The summed E-state index contributed by atoms with van der Waals surface area (Å²) in [5.41, 5.74) is 0.979. The van der Waals surface area contributed by atoms with Crippen molar-refractivity contribution in [3.63, 3.8) is 0 Å². The van der Waals surface area contributed by atoms with Crippen molar-refractivity contribution < 1.29 is 9.18 Å². The Kier molecular flexibility index (Phi) is 6.29. The molecule has 0 fully saturated rings. The molecular formula is C13H18BrFN2O. The highest BCUT2D eigenvalue weighted by Gasteiger charge is 2.03. The molecule has 1 rings (SSSR count). The normalized spacial score (nSPS) is 10.7. The van der Waals surface area contributed by atoms with Crippen LogP contribution in [0.15, 0.2) is 22.7 Å². The van der Waals surface area contributed by atoms with Crippen LogP contribution in [-0.4, -0.2) is 18.5 Å². The lowest BCUT2D eigenvalue weighted by atomic mass is 10.2. The predicted octanol–water partition coefficient (Wildman–Crippen LogP) is 2.59. The molecule has 0 aliphatic carbocycles. The fraction of sp³-hybridized carbons (Fsp3) is 0.462. The molecule has 0 atom stereocenters. The second-order valence-electron chi connectivity index (χ2n) is 4.40. The molecule has 0 unspecified atom stereocenters. The summed E-state index contributed by atoms with van der Waals surface area (Å²) in [6.45, 7) is 5.09. The first-order valence-electron chi connectivity index (χ1n) is 5.93. The van der Waals surface area contributed by atoms with E-state index >= 15 is 0 Å². The molecule has 0 aliphatic rings. The van der Waals surface area contributed by atoms with Gasteiger partial charge in [-0.15, -0.1) is 0 Å². The van der Waals surface area contributed by atoms with Gasteiger partial charge in [0.2, 0.25) is 5.91 Å². The average molecular weight is 317 g/mol. The van der Waals surface area contributed by atoms with Crippen molar-refractivity contribution in [1.82, 2.24) is 10.6 Å². The molecule has 0 aromatic heterocycles. The molecule has 0 spiro atoms. The molecule has 0 radical (unpaired) electrons. The van der Waals surface area contributed by atoms with Crippen LogP contribution in [-0.2, 0) is 11.3 Å². The second-order valence-corrected chi connectivity index (χ2v) is 5.25. The van der Waals surface area contributed by atoms with Crippen LogP contribution in [0.5, 0.6) is 0 Å². The minimum atomic E-state index is -0.268. The van der Waals surface area contributed by atoms with Crippen LogP contribution < -0.4 is 10.6 Å². The zero-order chi connectivity index (χ0) is 13.5. The van der Waals surface area contributed by atoms with E-state index in [-0.39, 0.29) is 17.8 Å². The number of rotatable bonds is 6. The van der Waals surface area contributed by atoms with Crippen molar-refractivity contribution in [3.05, 3.63) is 34.1 Å². The van der Waals surface area contributed by atoms with Crippen molar-refractivity contribution >= 4 is 21.8 Å². The van der Waals surface area contributed by atoms with Gasteiger partial charge in [-0.3, -0.25) is 4.79 Å². The number of hydrogen-bond donors (Lipinski definition) is 2. The Balaban J connectivity index is 2.25. The molecule has 0 saturated carbocycles. The summed E-state index contributed by atoms with van der Waals surface area (Å²) in [5.74, 6) is -0.229. The molecule has 3 nitrogen and oxygen atoms in total. The number of halogens is 2. The van der Waals surface area contributed by atoms with Gasteiger partial charge in [-0.05, 0) is 47.5 Å². The van der Waals surface area contributed by atoms with E-state index in [9.17, 15) is 9.18 Å². The van der Waals surface area contributed by atoms with Crippen molar-refractivity contribution in [1.29, 1.82) is 0 Å². The van der Waals surface area contributed by atoms with E-state index in [2.05, 4.69) is 26.6 Å². The largest absolute Gasteiger partial charge is 0.354 e. The van der Waals surface area contributed by atoms with E-state index in [1.54, 1.807) is 12.1 Å². The molecule has 18 heavy (non-hydrogen) atoms. The topological polar surface area (TPSA) is 41.1 Å². The van der Waals surface area contributed by atoms with Crippen molar-refractivity contribution in [2.24, 2.45) is 0 Å². The first-order chi connectivity index (χ1) is 8.49. The fourth-order valence-corrected chi connectivity index (χ4v) is 1.90. The Bertz CT molecular complexity index is 410. The van der Waals surface area contributed by atoms with Gasteiger partial charge in [0.15, 0.2) is 0 Å². The van der Waals surface area contributed by atoms with Gasteiger partial charge < -0.3 is 10.6 Å². The monoisotopic (exact) mass is 316 g/mol. The second kappa shape index (κ2) is 7.48. The molecule has 1 aromatic carbocycles. The summed E-state index contributed by atoms with van der Waals surface area (Å²) in [4.78, 5) is 11.4. The van der Waals surface area contributed by atoms with E-state index in [4.69, 9.17) is 0 Å². The fourth-order valence-electron chi connectivity index (χ4n) is 1.48. The maximum atomic E-state index is 13.0. The number of benzene rings is 1. The molecule has 5 heteroatoms. The van der Waals surface area contributed by atoms with E-state index in [0.29, 0.717) is 24.0 Å². The first-order valence-corrected chi connectivity index (χ1v) is 6.72. The van der Waals surface area contributed by atoms with Gasteiger partial charge in [0.1, 0.15) is 5.82 Å². The summed E-state index contributed by atoms with van der Waals surface area (Å²) in [6.07, 6.45) is 0.445. The quantitative estimate of drug-likeness (QED) is 0.792. The smallest absolute Gasteiger partial charge is 0.221 e. The Hall–Kier alpha value is -0.940. The zero-order valence-electron chi connectivity index (χ0n) is 10.6. The number of hydrogen-bond acceptors (Lipinski definition) is 2. The minimum absolute atomic E-state index is 0.0396. The molecule has 1 aromatic rings. The highest BCUT2D eigenvalue weighted by molar-refractivity contribution is 9.10. The standard InChI is InChI=1S/C13H18BrFN2O/c1-9(2)17-13(18)5-6-16-8-10-3-4-12(15)11(14)7-10/h3-4,7,9,16H,5-6,8H2,1-2H3,(H,17,18). The van der Waals surface area contributed by atoms with Gasteiger partial charge in [-0.25, -0.2) is 4.39 Å². The highest BCUT2D eigenvalue weighted by Crippen LogP contribution is 2.16. The number of amides is 1. The van der Waals surface area contributed by atoms with Gasteiger partial charge in [0, 0.05) is 25.6 Å². The SMILES string of the molecule is CC(C)NC(=O)CCNCc1ccc(F)c(Br)c1. The van der Waals surface area contributed by atoms with Crippen LogP contribution in [0.4, 0.5) is 4.39 Å². The van der Waals surface area contributed by atoms with E-state index in [1.165, 1.54) is 6.07 Å². The third-order valence-corrected chi connectivity index (χ3v) is 2.90. The number of carbonyl (C=O) groups is 1. The average Bonchev–Trinajstić information content (AvgIpc) is 2.28. The summed E-state index contributed by atoms with van der Waals surface area (Å²) in [6, 6.07) is 5.05. The molecule has 2 N–H and O–H groups in total. The van der Waals surface area contributed by atoms with Crippen LogP contribution in [0.1, 0.15) is 25.8 Å². The van der Waals surface area contributed by atoms with Crippen LogP contribution in [0.2, 0.25) is 0 Å². The maximum absolute atomic E-state index is 13.0. The summed E-state index contributed by atoms with van der Waals surface area (Å²) in [5, 5.41) is 5.97. The lowest BCUT2D eigenvalue weighted by molar-refractivity contribution is -0.121. The lowest BCUT2D eigenvalue weighted by Gasteiger charge is -2.09. The van der Waals surface area contributed by atoms with Gasteiger partial charge in [-0.2, -0.15) is 0 Å².